The van der Waals surface area contributed by atoms with Crippen LogP contribution in [0.2, 0.25) is 0 Å². The molecule has 0 atom stereocenters. The lowest BCUT2D eigenvalue weighted by molar-refractivity contribution is -0.139. The Hall–Kier alpha value is -3.23. The van der Waals surface area contributed by atoms with Gasteiger partial charge in [-0.25, -0.2) is 0 Å². The smallest absolute Gasteiger partial charge is 0.305 e. The Kier molecular flexibility index (Phi) is 33.3. The summed E-state index contributed by atoms with van der Waals surface area (Å²) < 4.78 is 21.5. The number of aliphatic hydroxyl groups is 1. The molecule has 1 aromatic carbocycles. The van der Waals surface area contributed by atoms with Crippen molar-refractivity contribution in [2.75, 3.05) is 53.9 Å². The van der Waals surface area contributed by atoms with Crippen molar-refractivity contribution in [3.63, 3.8) is 0 Å². The van der Waals surface area contributed by atoms with Gasteiger partial charge in [0, 0.05) is 33.5 Å². The van der Waals surface area contributed by atoms with Crippen molar-refractivity contribution in [1.29, 1.82) is 0 Å². The number of methoxy groups -OCH3 is 1. The number of carboxylic acid groups (broad SMARTS) is 2. The van der Waals surface area contributed by atoms with Gasteiger partial charge in [0.25, 0.3) is 0 Å². The SMILES string of the molecule is CO.COCc1ccccc1.O=CCCCCCCCCCCC(=O)NC(COCCC=O)(COCCC(=O)O)COCCC(=O)O. The molecule has 0 fully saturated rings. The number of carbonyl (C=O) groups is 5. The van der Waals surface area contributed by atoms with Crippen LogP contribution in [0.25, 0.3) is 0 Å². The van der Waals surface area contributed by atoms with E-state index in [1.165, 1.54) is 5.56 Å². The highest BCUT2D eigenvalue weighted by Gasteiger charge is 2.33. The van der Waals surface area contributed by atoms with E-state index < -0.39 is 17.5 Å². The number of hydrogen-bond acceptors (Lipinski definition) is 10. The number of benzene rings is 1. The van der Waals surface area contributed by atoms with Gasteiger partial charge in [-0.15, -0.1) is 0 Å². The summed E-state index contributed by atoms with van der Waals surface area (Å²) in [5.74, 6) is -2.29. The van der Waals surface area contributed by atoms with Crippen LogP contribution >= 0.6 is 0 Å². The topological polar surface area (TPSA) is 195 Å². The standard InChI is InChI=1S/C25H43NO10.C8H10O.CH4O/c27-14-9-7-5-3-1-2-4-6-8-11-22(29)26-25(19-34-16-10-15-28,20-35-17-12-23(30)31)21-36-18-13-24(32)33;1-9-7-8-5-3-2-4-6-8;1-2/h14-15H,1-13,16-21H2,(H,26,29)(H,30,31)(H,32,33);2-6H,7H2,1H3;2H,1H3. The highest BCUT2D eigenvalue weighted by molar-refractivity contribution is 5.76. The van der Waals surface area contributed by atoms with Crippen molar-refractivity contribution < 1.29 is 58.2 Å². The summed E-state index contributed by atoms with van der Waals surface area (Å²) in [7, 11) is 2.70. The first kappa shape index (κ1) is 45.9. The first-order chi connectivity index (χ1) is 22.8. The third-order valence-electron chi connectivity index (χ3n) is 6.47. The number of carboxylic acids is 2. The first-order valence-corrected chi connectivity index (χ1v) is 16.1. The average Bonchev–Trinajstić information content (AvgIpc) is 3.06. The molecule has 0 heterocycles. The average molecular weight is 672 g/mol. The van der Waals surface area contributed by atoms with Crippen molar-refractivity contribution in [2.45, 2.75) is 95.6 Å². The highest BCUT2D eigenvalue weighted by Crippen LogP contribution is 2.13. The molecule has 0 aliphatic heterocycles. The molecule has 0 unspecified atom stereocenters. The van der Waals surface area contributed by atoms with E-state index in [1.807, 2.05) is 30.3 Å². The van der Waals surface area contributed by atoms with Crippen molar-refractivity contribution >= 4 is 30.4 Å². The van der Waals surface area contributed by atoms with E-state index in [0.717, 1.165) is 58.3 Å². The van der Waals surface area contributed by atoms with E-state index in [-0.39, 0.29) is 71.2 Å². The van der Waals surface area contributed by atoms with Gasteiger partial charge in [0.2, 0.25) is 5.91 Å². The van der Waals surface area contributed by atoms with Crippen molar-refractivity contribution in [3.8, 4) is 0 Å². The maximum absolute atomic E-state index is 12.7. The molecule has 0 saturated carbocycles. The molecule has 1 rings (SSSR count). The summed E-state index contributed by atoms with van der Waals surface area (Å²) in [6.45, 7) is 0.448. The number of unbranched alkanes of at least 4 members (excludes halogenated alkanes) is 8. The molecule has 47 heavy (non-hydrogen) atoms. The summed E-state index contributed by atoms with van der Waals surface area (Å²) >= 11 is 0. The number of rotatable bonds is 29. The van der Waals surface area contributed by atoms with Crippen LogP contribution in [0.5, 0.6) is 0 Å². The Morgan fingerprint density at radius 2 is 1.15 bits per heavy atom. The van der Waals surface area contributed by atoms with Gasteiger partial charge in [-0.05, 0) is 18.4 Å². The lowest BCUT2D eigenvalue weighted by Crippen LogP contribution is -2.58. The van der Waals surface area contributed by atoms with Gasteiger partial charge in [-0.3, -0.25) is 14.4 Å². The maximum atomic E-state index is 12.7. The Labute approximate surface area is 279 Å². The van der Waals surface area contributed by atoms with Crippen LogP contribution in [0.3, 0.4) is 0 Å². The largest absolute Gasteiger partial charge is 0.481 e. The van der Waals surface area contributed by atoms with E-state index >= 15 is 0 Å². The number of hydrogen-bond donors (Lipinski definition) is 4. The number of carbonyl (C=O) groups excluding carboxylic acids is 3. The van der Waals surface area contributed by atoms with E-state index in [1.54, 1.807) is 7.11 Å². The molecule has 13 heteroatoms. The minimum absolute atomic E-state index is 0.0448. The summed E-state index contributed by atoms with van der Waals surface area (Å²) in [5, 5.41) is 27.6. The Morgan fingerprint density at radius 1 is 0.681 bits per heavy atom. The second-order valence-electron chi connectivity index (χ2n) is 10.7. The lowest BCUT2D eigenvalue weighted by Gasteiger charge is -2.34. The molecule has 4 N–H and O–H groups in total. The zero-order valence-corrected chi connectivity index (χ0v) is 28.2. The molecule has 0 aliphatic rings. The molecule has 0 aliphatic carbocycles. The monoisotopic (exact) mass is 671 g/mol. The number of ether oxygens (including phenoxy) is 4. The fourth-order valence-corrected chi connectivity index (χ4v) is 4.16. The zero-order chi connectivity index (χ0) is 35.4. The summed E-state index contributed by atoms with van der Waals surface area (Å²) in [6.07, 6.45) is 10.2. The van der Waals surface area contributed by atoms with Gasteiger partial charge in [-0.2, -0.15) is 0 Å². The van der Waals surface area contributed by atoms with Gasteiger partial charge in [0.1, 0.15) is 18.1 Å². The Morgan fingerprint density at radius 3 is 1.62 bits per heavy atom. The fraction of sp³-hybridized carbons (Fsp3) is 0.676. The molecule has 0 radical (unpaired) electrons. The lowest BCUT2D eigenvalue weighted by atomic mass is 10.0. The number of aldehydes is 2. The van der Waals surface area contributed by atoms with Crippen molar-refractivity contribution in [2.24, 2.45) is 0 Å². The predicted octanol–water partition coefficient (Wildman–Crippen LogP) is 3.97. The fourth-order valence-electron chi connectivity index (χ4n) is 4.16. The van der Waals surface area contributed by atoms with Crippen LogP contribution in [0.15, 0.2) is 30.3 Å². The number of aliphatic hydroxyl groups excluding tert-OH is 1. The van der Waals surface area contributed by atoms with Crippen LogP contribution < -0.4 is 5.32 Å². The van der Waals surface area contributed by atoms with E-state index in [2.05, 4.69) is 5.32 Å². The van der Waals surface area contributed by atoms with E-state index in [4.69, 9.17) is 34.3 Å². The first-order valence-electron chi connectivity index (χ1n) is 16.1. The van der Waals surface area contributed by atoms with Gasteiger partial charge in [-0.1, -0.05) is 68.9 Å². The molecule has 0 saturated heterocycles. The minimum Gasteiger partial charge on any atom is -0.481 e. The number of amides is 1. The van der Waals surface area contributed by atoms with Crippen LogP contribution in [-0.4, -0.2) is 105 Å². The van der Waals surface area contributed by atoms with Crippen LogP contribution in [-0.2, 0) is 49.5 Å². The second kappa shape index (κ2) is 34.1. The van der Waals surface area contributed by atoms with Crippen LogP contribution in [0.1, 0.15) is 89.0 Å². The molecule has 0 aromatic heterocycles. The molecular formula is C34H57NO12. The summed E-state index contributed by atoms with van der Waals surface area (Å²) in [6, 6.07) is 10.1. The van der Waals surface area contributed by atoms with E-state index in [0.29, 0.717) is 25.7 Å². The molecule has 0 spiro atoms. The quantitative estimate of drug-likeness (QED) is 0.0708. The van der Waals surface area contributed by atoms with Gasteiger partial charge in [0.15, 0.2) is 0 Å². The predicted molar refractivity (Wildman–Crippen MR) is 176 cm³/mol. The molecule has 270 valence electrons. The Bertz CT molecular complexity index is 892. The molecule has 0 bridgehead atoms. The van der Waals surface area contributed by atoms with Gasteiger partial charge >= 0.3 is 11.9 Å². The van der Waals surface area contributed by atoms with Gasteiger partial charge in [0.05, 0.1) is 59.1 Å². The third kappa shape index (κ3) is 31.2. The van der Waals surface area contributed by atoms with Crippen molar-refractivity contribution in [1.82, 2.24) is 5.32 Å². The number of nitrogens with one attached hydrogen (secondary N) is 1. The van der Waals surface area contributed by atoms with Crippen molar-refractivity contribution in [3.05, 3.63) is 35.9 Å². The van der Waals surface area contributed by atoms with E-state index in [9.17, 15) is 24.0 Å². The normalized spacial score (nSPS) is 10.5. The van der Waals surface area contributed by atoms with Crippen LogP contribution in [0, 0.1) is 0 Å². The minimum atomic E-state index is -1.15. The van der Waals surface area contributed by atoms with Crippen LogP contribution in [0.4, 0.5) is 0 Å². The second-order valence-corrected chi connectivity index (χ2v) is 10.7. The zero-order valence-electron chi connectivity index (χ0n) is 28.2. The molecule has 1 aromatic rings. The molecular weight excluding hydrogens is 614 g/mol. The highest BCUT2D eigenvalue weighted by atomic mass is 16.5. The summed E-state index contributed by atoms with van der Waals surface area (Å²) in [4.78, 5) is 55.2. The maximum Gasteiger partial charge on any atom is 0.305 e. The number of aliphatic carboxylic acids is 2. The molecule has 1 amide bonds. The third-order valence-corrected chi connectivity index (χ3v) is 6.47. The summed E-state index contributed by atoms with van der Waals surface area (Å²) in [5.41, 5.74) is 0.0679. The van der Waals surface area contributed by atoms with Gasteiger partial charge < -0.3 is 49.2 Å². The Balaban J connectivity index is 0. The molecule has 13 nitrogen and oxygen atoms in total.